The molecular formula is C11H15NO3. The molecule has 1 aromatic rings. The Morgan fingerprint density at radius 1 is 1.20 bits per heavy atom. The first-order valence-corrected chi connectivity index (χ1v) is 4.89. The molecule has 0 aromatic heterocycles. The molecule has 0 saturated heterocycles. The van der Waals surface area contributed by atoms with E-state index in [1.165, 1.54) is 0 Å². The number of rotatable bonds is 6. The van der Waals surface area contributed by atoms with Gasteiger partial charge in [0.15, 0.2) is 0 Å². The molecule has 0 fully saturated rings. The lowest BCUT2D eigenvalue weighted by Gasteiger charge is -2.03. The molecule has 0 bridgehead atoms. The van der Waals surface area contributed by atoms with Gasteiger partial charge in [0.05, 0.1) is 6.42 Å². The Balaban J connectivity index is 2.15. The highest BCUT2D eigenvalue weighted by Crippen LogP contribution is 2.09. The van der Waals surface area contributed by atoms with Gasteiger partial charge in [-0.3, -0.25) is 4.79 Å². The first-order chi connectivity index (χ1) is 7.18. The molecule has 15 heavy (non-hydrogen) atoms. The van der Waals surface area contributed by atoms with E-state index < -0.39 is 5.97 Å². The van der Waals surface area contributed by atoms with Gasteiger partial charge in [-0.1, -0.05) is 12.1 Å². The van der Waals surface area contributed by atoms with Gasteiger partial charge in [0.1, 0.15) is 5.75 Å². The Hall–Kier alpha value is -1.55. The number of aromatic hydroxyl groups is 1. The number of carboxylic acids is 1. The molecule has 82 valence electrons. The smallest absolute Gasteiger partial charge is 0.304 e. The lowest BCUT2D eigenvalue weighted by molar-refractivity contribution is -0.136. The molecule has 0 aliphatic carbocycles. The number of carbonyl (C=O) groups is 1. The van der Waals surface area contributed by atoms with Gasteiger partial charge in [0.2, 0.25) is 0 Å². The third kappa shape index (κ3) is 5.02. The first-order valence-electron chi connectivity index (χ1n) is 4.89. The summed E-state index contributed by atoms with van der Waals surface area (Å²) in [4.78, 5) is 10.2. The summed E-state index contributed by atoms with van der Waals surface area (Å²) in [6, 6.07) is 7.00. The molecule has 0 atom stereocenters. The van der Waals surface area contributed by atoms with E-state index in [1.807, 2.05) is 12.1 Å². The fourth-order valence-corrected chi connectivity index (χ4v) is 1.22. The van der Waals surface area contributed by atoms with Crippen molar-refractivity contribution in [1.82, 2.24) is 5.32 Å². The molecule has 0 unspecified atom stereocenters. The van der Waals surface area contributed by atoms with Crippen LogP contribution in [-0.2, 0) is 11.2 Å². The number of hydrogen-bond acceptors (Lipinski definition) is 3. The normalized spacial score (nSPS) is 10.1. The lowest BCUT2D eigenvalue weighted by Crippen LogP contribution is -2.20. The molecule has 0 aliphatic heterocycles. The molecule has 1 rings (SSSR count). The monoisotopic (exact) mass is 209 g/mol. The van der Waals surface area contributed by atoms with E-state index in [9.17, 15) is 4.79 Å². The van der Waals surface area contributed by atoms with Crippen LogP contribution >= 0.6 is 0 Å². The predicted octanol–water partition coefficient (Wildman–Crippen LogP) is 0.999. The maximum absolute atomic E-state index is 10.2. The molecule has 1 aromatic carbocycles. The molecule has 0 heterocycles. The fourth-order valence-electron chi connectivity index (χ4n) is 1.22. The second-order valence-corrected chi connectivity index (χ2v) is 3.31. The van der Waals surface area contributed by atoms with E-state index in [0.29, 0.717) is 6.54 Å². The van der Waals surface area contributed by atoms with Crippen molar-refractivity contribution >= 4 is 5.97 Å². The minimum absolute atomic E-state index is 0.148. The second-order valence-electron chi connectivity index (χ2n) is 3.31. The van der Waals surface area contributed by atoms with E-state index in [0.717, 1.165) is 18.5 Å². The summed E-state index contributed by atoms with van der Waals surface area (Å²) in [6.07, 6.45) is 0.982. The zero-order valence-corrected chi connectivity index (χ0v) is 8.44. The fraction of sp³-hybridized carbons (Fsp3) is 0.364. The summed E-state index contributed by atoms with van der Waals surface area (Å²) in [5.41, 5.74) is 1.12. The average molecular weight is 209 g/mol. The summed E-state index contributed by atoms with van der Waals surface area (Å²) in [5, 5.41) is 20.5. The van der Waals surface area contributed by atoms with Crippen molar-refractivity contribution in [2.75, 3.05) is 13.1 Å². The Labute approximate surface area is 88.6 Å². The molecule has 4 heteroatoms. The third-order valence-electron chi connectivity index (χ3n) is 2.04. The van der Waals surface area contributed by atoms with Crippen LogP contribution in [0.5, 0.6) is 5.75 Å². The van der Waals surface area contributed by atoms with E-state index in [1.54, 1.807) is 12.1 Å². The second kappa shape index (κ2) is 6.03. The Kier molecular flexibility index (Phi) is 4.63. The highest BCUT2D eigenvalue weighted by Gasteiger charge is 1.96. The molecular weight excluding hydrogens is 194 g/mol. The summed E-state index contributed by atoms with van der Waals surface area (Å²) in [7, 11) is 0. The van der Waals surface area contributed by atoms with Gasteiger partial charge in [-0.15, -0.1) is 0 Å². The largest absolute Gasteiger partial charge is 0.508 e. The number of benzene rings is 1. The number of phenolic OH excluding ortho intramolecular Hbond substituents is 1. The van der Waals surface area contributed by atoms with E-state index in [2.05, 4.69) is 5.32 Å². The van der Waals surface area contributed by atoms with Crippen molar-refractivity contribution in [3.63, 3.8) is 0 Å². The third-order valence-corrected chi connectivity index (χ3v) is 2.04. The zero-order chi connectivity index (χ0) is 11.1. The highest BCUT2D eigenvalue weighted by molar-refractivity contribution is 5.66. The van der Waals surface area contributed by atoms with Crippen molar-refractivity contribution in [2.45, 2.75) is 12.8 Å². The van der Waals surface area contributed by atoms with Crippen molar-refractivity contribution < 1.29 is 15.0 Å². The zero-order valence-electron chi connectivity index (χ0n) is 8.44. The minimum atomic E-state index is -0.785. The van der Waals surface area contributed by atoms with Crippen LogP contribution in [-0.4, -0.2) is 29.3 Å². The minimum Gasteiger partial charge on any atom is -0.508 e. The summed E-state index contributed by atoms with van der Waals surface area (Å²) in [5.74, 6) is -0.523. The molecule has 0 radical (unpaired) electrons. The van der Waals surface area contributed by atoms with Crippen LogP contribution in [0.2, 0.25) is 0 Å². The van der Waals surface area contributed by atoms with Crippen molar-refractivity contribution in [1.29, 1.82) is 0 Å². The van der Waals surface area contributed by atoms with E-state index in [4.69, 9.17) is 10.2 Å². The molecule has 0 spiro atoms. The predicted molar refractivity (Wildman–Crippen MR) is 56.9 cm³/mol. The van der Waals surface area contributed by atoms with Crippen LogP contribution in [0.25, 0.3) is 0 Å². The van der Waals surface area contributed by atoms with E-state index in [-0.39, 0.29) is 12.2 Å². The first kappa shape index (κ1) is 11.5. The SMILES string of the molecule is O=C(O)CCNCCc1ccc(O)cc1. The number of phenols is 1. The molecule has 0 aliphatic rings. The van der Waals surface area contributed by atoms with Crippen LogP contribution in [0, 0.1) is 0 Å². The molecule has 4 nitrogen and oxygen atoms in total. The topological polar surface area (TPSA) is 69.6 Å². The van der Waals surface area contributed by atoms with Crippen molar-refractivity contribution in [2.24, 2.45) is 0 Å². The van der Waals surface area contributed by atoms with Crippen LogP contribution in [0.3, 0.4) is 0 Å². The average Bonchev–Trinajstić information content (AvgIpc) is 2.20. The molecule has 0 saturated carbocycles. The maximum Gasteiger partial charge on any atom is 0.304 e. The highest BCUT2D eigenvalue weighted by atomic mass is 16.4. The van der Waals surface area contributed by atoms with Gasteiger partial charge < -0.3 is 15.5 Å². The van der Waals surface area contributed by atoms with Gasteiger partial charge in [-0.2, -0.15) is 0 Å². The standard InChI is InChI=1S/C11H15NO3/c13-10-3-1-9(2-4-10)5-7-12-8-6-11(14)15/h1-4,12-13H,5-8H2,(H,14,15). The van der Waals surface area contributed by atoms with Crippen molar-refractivity contribution in [3.8, 4) is 5.75 Å². The number of aliphatic carboxylic acids is 1. The number of hydrogen-bond donors (Lipinski definition) is 3. The lowest BCUT2D eigenvalue weighted by atomic mass is 10.1. The Bertz CT molecular complexity index is 308. The molecule has 0 amide bonds. The van der Waals surface area contributed by atoms with Gasteiger partial charge in [-0.05, 0) is 30.7 Å². The maximum atomic E-state index is 10.2. The van der Waals surface area contributed by atoms with Gasteiger partial charge >= 0.3 is 5.97 Å². The summed E-state index contributed by atoms with van der Waals surface area (Å²) >= 11 is 0. The van der Waals surface area contributed by atoms with E-state index >= 15 is 0 Å². The number of carboxylic acid groups (broad SMARTS) is 1. The quantitative estimate of drug-likeness (QED) is 0.611. The van der Waals surface area contributed by atoms with Crippen LogP contribution in [0.4, 0.5) is 0 Å². The van der Waals surface area contributed by atoms with Crippen molar-refractivity contribution in [3.05, 3.63) is 29.8 Å². The van der Waals surface area contributed by atoms with Crippen LogP contribution < -0.4 is 5.32 Å². The molecule has 3 N–H and O–H groups in total. The Morgan fingerprint density at radius 3 is 2.47 bits per heavy atom. The summed E-state index contributed by atoms with van der Waals surface area (Å²) < 4.78 is 0. The van der Waals surface area contributed by atoms with Gasteiger partial charge in [0, 0.05) is 6.54 Å². The Morgan fingerprint density at radius 2 is 1.87 bits per heavy atom. The number of nitrogens with one attached hydrogen (secondary N) is 1. The van der Waals surface area contributed by atoms with Gasteiger partial charge in [-0.25, -0.2) is 0 Å². The van der Waals surface area contributed by atoms with Crippen LogP contribution in [0.1, 0.15) is 12.0 Å². The summed E-state index contributed by atoms with van der Waals surface area (Å²) in [6.45, 7) is 1.24. The van der Waals surface area contributed by atoms with Gasteiger partial charge in [0.25, 0.3) is 0 Å². The van der Waals surface area contributed by atoms with Crippen LogP contribution in [0.15, 0.2) is 24.3 Å².